The molecular weight excluding hydrogens is 572 g/mol. The van der Waals surface area contributed by atoms with Crippen LogP contribution in [0.2, 0.25) is 0 Å². The van der Waals surface area contributed by atoms with E-state index in [-0.39, 0.29) is 29.6 Å². The van der Waals surface area contributed by atoms with E-state index in [1.54, 1.807) is 44.2 Å². The molecule has 4 aromatic rings. The summed E-state index contributed by atoms with van der Waals surface area (Å²) in [6.45, 7) is 2.87. The van der Waals surface area contributed by atoms with Gasteiger partial charge < -0.3 is 10.2 Å². The van der Waals surface area contributed by atoms with E-state index in [0.29, 0.717) is 5.56 Å². The largest absolute Gasteiger partial charge is 0.352 e. The number of para-hydroxylation sites is 1. The van der Waals surface area contributed by atoms with Crippen molar-refractivity contribution in [2.45, 2.75) is 43.8 Å². The highest BCUT2D eigenvalue weighted by Gasteiger charge is 2.34. The van der Waals surface area contributed by atoms with Crippen molar-refractivity contribution in [2.24, 2.45) is 0 Å². The fourth-order valence-corrected chi connectivity index (χ4v) is 5.99. The molecule has 0 unspecified atom stereocenters. The molecule has 0 aromatic heterocycles. The fraction of sp³-hybridized carbons (Fsp3) is 0.212. The molecular formula is C33H33F2N3O4S. The third-order valence-corrected chi connectivity index (χ3v) is 8.48. The summed E-state index contributed by atoms with van der Waals surface area (Å²) in [5.74, 6) is -2.13. The number of anilines is 1. The molecule has 0 aliphatic heterocycles. The van der Waals surface area contributed by atoms with Gasteiger partial charge in [-0.3, -0.25) is 13.9 Å². The highest BCUT2D eigenvalue weighted by Crippen LogP contribution is 2.25. The van der Waals surface area contributed by atoms with Gasteiger partial charge in [0.1, 0.15) is 24.2 Å². The number of benzene rings is 4. The van der Waals surface area contributed by atoms with Crippen molar-refractivity contribution < 1.29 is 26.8 Å². The lowest BCUT2D eigenvalue weighted by atomic mass is 10.0. The van der Waals surface area contributed by atoms with Gasteiger partial charge in [0.15, 0.2) is 0 Å². The van der Waals surface area contributed by atoms with Crippen LogP contribution in [0.5, 0.6) is 0 Å². The number of rotatable bonds is 12. The Kier molecular flexibility index (Phi) is 10.3. The third-order valence-electron chi connectivity index (χ3n) is 6.69. The Morgan fingerprint density at radius 1 is 0.744 bits per heavy atom. The first kappa shape index (κ1) is 31.4. The molecule has 0 fully saturated rings. The number of amides is 2. The van der Waals surface area contributed by atoms with Crippen LogP contribution >= 0.6 is 0 Å². The van der Waals surface area contributed by atoms with Gasteiger partial charge in [0.05, 0.1) is 10.6 Å². The average molecular weight is 606 g/mol. The molecule has 224 valence electrons. The number of carbonyl (C=O) groups excluding carboxylic acids is 2. The molecule has 4 rings (SSSR count). The zero-order chi connectivity index (χ0) is 31.0. The van der Waals surface area contributed by atoms with E-state index in [2.05, 4.69) is 5.32 Å². The van der Waals surface area contributed by atoms with E-state index < -0.39 is 46.1 Å². The van der Waals surface area contributed by atoms with Crippen molar-refractivity contribution >= 4 is 27.5 Å². The van der Waals surface area contributed by atoms with Crippen LogP contribution in [0.1, 0.15) is 25.0 Å². The summed E-state index contributed by atoms with van der Waals surface area (Å²) in [7, 11) is -4.33. The fourth-order valence-electron chi connectivity index (χ4n) is 4.58. The average Bonchev–Trinajstić information content (AvgIpc) is 2.99. The molecule has 0 spiro atoms. The van der Waals surface area contributed by atoms with Crippen LogP contribution in [0, 0.1) is 11.6 Å². The Morgan fingerprint density at radius 3 is 1.84 bits per heavy atom. The smallest absolute Gasteiger partial charge is 0.264 e. The first-order valence-electron chi connectivity index (χ1n) is 13.8. The lowest BCUT2D eigenvalue weighted by Gasteiger charge is -2.34. The summed E-state index contributed by atoms with van der Waals surface area (Å²) < 4.78 is 56.0. The predicted molar refractivity (Wildman–Crippen MR) is 162 cm³/mol. The summed E-state index contributed by atoms with van der Waals surface area (Å²) >= 11 is 0. The van der Waals surface area contributed by atoms with E-state index >= 15 is 0 Å². The van der Waals surface area contributed by atoms with Crippen molar-refractivity contribution in [3.05, 3.63) is 132 Å². The van der Waals surface area contributed by atoms with Gasteiger partial charge in [0.25, 0.3) is 10.0 Å². The molecule has 7 nitrogen and oxygen atoms in total. The van der Waals surface area contributed by atoms with Crippen LogP contribution in [0.15, 0.2) is 114 Å². The topological polar surface area (TPSA) is 86.8 Å². The molecule has 1 atom stereocenters. The third kappa shape index (κ3) is 8.26. The van der Waals surface area contributed by atoms with Crippen molar-refractivity contribution in [2.75, 3.05) is 10.8 Å². The highest BCUT2D eigenvalue weighted by molar-refractivity contribution is 7.92. The van der Waals surface area contributed by atoms with Crippen LogP contribution < -0.4 is 9.62 Å². The van der Waals surface area contributed by atoms with E-state index in [4.69, 9.17) is 0 Å². The van der Waals surface area contributed by atoms with Gasteiger partial charge in [0, 0.05) is 19.0 Å². The maximum atomic E-state index is 14.3. The second-order valence-electron chi connectivity index (χ2n) is 10.3. The quantitative estimate of drug-likeness (QED) is 0.237. The zero-order valence-corrected chi connectivity index (χ0v) is 24.7. The molecule has 0 saturated carbocycles. The van der Waals surface area contributed by atoms with Crippen molar-refractivity contribution in [1.82, 2.24) is 10.2 Å². The lowest BCUT2D eigenvalue weighted by molar-refractivity contribution is -0.140. The zero-order valence-electron chi connectivity index (χ0n) is 23.9. The molecule has 0 aliphatic rings. The van der Waals surface area contributed by atoms with Gasteiger partial charge in [-0.05, 0) is 73.5 Å². The molecule has 0 saturated heterocycles. The molecule has 0 aliphatic carbocycles. The van der Waals surface area contributed by atoms with Crippen molar-refractivity contribution in [3.8, 4) is 0 Å². The lowest BCUT2D eigenvalue weighted by Crippen LogP contribution is -2.54. The molecule has 0 bridgehead atoms. The summed E-state index contributed by atoms with van der Waals surface area (Å²) in [6.07, 6.45) is 0.155. The van der Waals surface area contributed by atoms with E-state index in [9.17, 15) is 26.8 Å². The van der Waals surface area contributed by atoms with Crippen LogP contribution in [0.4, 0.5) is 14.5 Å². The molecule has 43 heavy (non-hydrogen) atoms. The summed E-state index contributed by atoms with van der Waals surface area (Å²) in [5, 5.41) is 2.88. The van der Waals surface area contributed by atoms with Gasteiger partial charge in [-0.1, -0.05) is 60.7 Å². The van der Waals surface area contributed by atoms with Crippen LogP contribution in [0.25, 0.3) is 0 Å². The Balaban J connectivity index is 1.78. The normalized spacial score (nSPS) is 12.0. The van der Waals surface area contributed by atoms with Crippen LogP contribution in [-0.2, 0) is 32.6 Å². The Morgan fingerprint density at radius 2 is 1.28 bits per heavy atom. The SMILES string of the molecule is CC(C)NC(=O)[C@@H](Cc1ccccc1)N(Cc1ccc(F)cc1)C(=O)CN(c1ccccc1)S(=O)(=O)c1ccc(F)cc1. The number of hydrogen-bond donors (Lipinski definition) is 1. The van der Waals surface area contributed by atoms with Gasteiger partial charge in [-0.2, -0.15) is 0 Å². The number of sulfonamides is 1. The minimum Gasteiger partial charge on any atom is -0.352 e. The summed E-state index contributed by atoms with van der Waals surface area (Å²) in [5.41, 5.74) is 1.56. The Bertz CT molecular complexity index is 1620. The van der Waals surface area contributed by atoms with Gasteiger partial charge >= 0.3 is 0 Å². The second-order valence-corrected chi connectivity index (χ2v) is 12.2. The predicted octanol–water partition coefficient (Wildman–Crippen LogP) is 5.32. The molecule has 1 N–H and O–H groups in total. The number of carbonyl (C=O) groups is 2. The number of hydrogen-bond acceptors (Lipinski definition) is 4. The van der Waals surface area contributed by atoms with Crippen molar-refractivity contribution in [3.63, 3.8) is 0 Å². The minimum atomic E-state index is -4.33. The number of nitrogens with one attached hydrogen (secondary N) is 1. The maximum absolute atomic E-state index is 14.3. The van der Waals surface area contributed by atoms with Gasteiger partial charge in [0.2, 0.25) is 11.8 Å². The maximum Gasteiger partial charge on any atom is 0.264 e. The van der Waals surface area contributed by atoms with Gasteiger partial charge in [-0.25, -0.2) is 17.2 Å². The molecule has 0 radical (unpaired) electrons. The van der Waals surface area contributed by atoms with Crippen LogP contribution in [-0.4, -0.2) is 43.8 Å². The Hall–Kier alpha value is -4.57. The first-order valence-corrected chi connectivity index (χ1v) is 15.2. The number of halogens is 2. The van der Waals surface area contributed by atoms with E-state index in [1.165, 1.54) is 29.2 Å². The molecule has 0 heterocycles. The summed E-state index contributed by atoms with van der Waals surface area (Å²) in [4.78, 5) is 29.0. The van der Waals surface area contributed by atoms with Crippen LogP contribution in [0.3, 0.4) is 0 Å². The summed E-state index contributed by atoms with van der Waals surface area (Å²) in [6, 6.07) is 25.9. The first-order chi connectivity index (χ1) is 20.5. The number of nitrogens with zero attached hydrogens (tertiary/aromatic N) is 2. The molecule has 2 amide bonds. The monoisotopic (exact) mass is 605 g/mol. The standard InChI is InChI=1S/C33H33F2N3O4S/c1-24(2)36-33(40)31(21-25-9-5-3-6-10-25)37(22-26-13-15-27(34)16-14-26)32(39)23-38(29-11-7-4-8-12-29)43(41,42)30-19-17-28(35)18-20-30/h3-20,24,31H,21-23H2,1-2H3,(H,36,40)/t31-/m1/s1. The minimum absolute atomic E-state index is 0.0820. The van der Waals surface area contributed by atoms with E-state index in [1.807, 2.05) is 30.3 Å². The second kappa shape index (κ2) is 14.1. The Labute approximate surface area is 250 Å². The van der Waals surface area contributed by atoms with E-state index in [0.717, 1.165) is 34.1 Å². The molecule has 4 aromatic carbocycles. The molecule has 10 heteroatoms. The highest BCUT2D eigenvalue weighted by atomic mass is 32.2. The van der Waals surface area contributed by atoms with Gasteiger partial charge in [-0.15, -0.1) is 0 Å². The van der Waals surface area contributed by atoms with Crippen molar-refractivity contribution in [1.29, 1.82) is 0 Å².